The lowest BCUT2D eigenvalue weighted by molar-refractivity contribution is -0.137. The van der Waals surface area contributed by atoms with Crippen LogP contribution < -0.4 is 0 Å². The molecular formula is C17H24N2O5S2. The van der Waals surface area contributed by atoms with Crippen molar-refractivity contribution in [2.45, 2.75) is 31.3 Å². The van der Waals surface area contributed by atoms with Crippen molar-refractivity contribution in [2.24, 2.45) is 5.92 Å². The predicted octanol–water partition coefficient (Wildman–Crippen LogP) is 1.63. The summed E-state index contributed by atoms with van der Waals surface area (Å²) in [5, 5.41) is 0.533. The Morgan fingerprint density at radius 2 is 2.15 bits per heavy atom. The van der Waals surface area contributed by atoms with Gasteiger partial charge >= 0.3 is 5.97 Å². The fraction of sp³-hybridized carbons (Fsp3) is 0.588. The van der Waals surface area contributed by atoms with Gasteiger partial charge < -0.3 is 9.64 Å². The van der Waals surface area contributed by atoms with E-state index < -0.39 is 22.4 Å². The number of hydrogen-bond donors (Lipinski definition) is 0. The number of nitrogens with zero attached hydrogens (tertiary/aromatic N) is 2. The molecule has 7 nitrogen and oxygen atoms in total. The lowest BCUT2D eigenvalue weighted by Gasteiger charge is -2.29. The monoisotopic (exact) mass is 400 g/mol. The number of carbonyl (C=O) groups excluding carboxylic acids is 2. The van der Waals surface area contributed by atoms with Crippen molar-refractivity contribution in [1.82, 2.24) is 9.88 Å². The van der Waals surface area contributed by atoms with Gasteiger partial charge in [-0.05, 0) is 30.7 Å². The molecule has 0 aliphatic carbocycles. The molecule has 1 aromatic rings. The summed E-state index contributed by atoms with van der Waals surface area (Å²) < 4.78 is 28.7. The molecule has 0 saturated carbocycles. The molecule has 1 fully saturated rings. The molecule has 1 saturated heterocycles. The Morgan fingerprint density at radius 1 is 1.42 bits per heavy atom. The molecule has 1 aliphatic rings. The summed E-state index contributed by atoms with van der Waals surface area (Å²) in [5.41, 5.74) is 0.312. The third-order valence-electron chi connectivity index (χ3n) is 4.04. The SMILES string of the molecule is CSc1ncccc1C(=O)OCC(=O)N(CC(C)C)[C@@H]1CCS(=O)(=O)C1. The highest BCUT2D eigenvalue weighted by Gasteiger charge is 2.35. The lowest BCUT2D eigenvalue weighted by Crippen LogP contribution is -2.45. The summed E-state index contributed by atoms with van der Waals surface area (Å²) in [4.78, 5) is 30.5. The van der Waals surface area contributed by atoms with Crippen molar-refractivity contribution >= 4 is 33.5 Å². The lowest BCUT2D eigenvalue weighted by atomic mass is 10.1. The maximum Gasteiger partial charge on any atom is 0.341 e. The number of amides is 1. The van der Waals surface area contributed by atoms with Crippen molar-refractivity contribution in [3.8, 4) is 0 Å². The van der Waals surface area contributed by atoms with Gasteiger partial charge in [-0.2, -0.15) is 0 Å². The van der Waals surface area contributed by atoms with E-state index in [-0.39, 0.29) is 29.4 Å². The number of thioether (sulfide) groups is 1. The van der Waals surface area contributed by atoms with Crippen LogP contribution in [0.4, 0.5) is 0 Å². The number of rotatable bonds is 7. The van der Waals surface area contributed by atoms with E-state index in [1.54, 1.807) is 29.5 Å². The van der Waals surface area contributed by atoms with Crippen LogP contribution in [0, 0.1) is 5.92 Å². The highest BCUT2D eigenvalue weighted by Crippen LogP contribution is 2.20. The number of ether oxygens (including phenoxy) is 1. The normalized spacial score (nSPS) is 18.7. The van der Waals surface area contributed by atoms with Crippen LogP contribution in [0.5, 0.6) is 0 Å². The van der Waals surface area contributed by atoms with Crippen molar-refractivity contribution < 1.29 is 22.7 Å². The number of carbonyl (C=O) groups is 2. The molecule has 0 aromatic carbocycles. The first-order valence-corrected chi connectivity index (χ1v) is 11.4. The van der Waals surface area contributed by atoms with Gasteiger partial charge in [0.1, 0.15) is 5.03 Å². The van der Waals surface area contributed by atoms with Gasteiger partial charge in [0.05, 0.1) is 17.1 Å². The number of aromatic nitrogens is 1. The van der Waals surface area contributed by atoms with Crippen LogP contribution in [0.1, 0.15) is 30.6 Å². The Morgan fingerprint density at radius 3 is 2.73 bits per heavy atom. The van der Waals surface area contributed by atoms with E-state index in [1.165, 1.54) is 11.8 Å². The molecule has 9 heteroatoms. The second-order valence-electron chi connectivity index (χ2n) is 6.63. The summed E-state index contributed by atoms with van der Waals surface area (Å²) in [5.74, 6) is -0.743. The fourth-order valence-electron chi connectivity index (χ4n) is 2.87. The van der Waals surface area contributed by atoms with E-state index in [2.05, 4.69) is 4.98 Å². The molecule has 0 bridgehead atoms. The molecule has 0 unspecified atom stereocenters. The van der Waals surface area contributed by atoms with Gasteiger partial charge in [-0.3, -0.25) is 4.79 Å². The topological polar surface area (TPSA) is 93.6 Å². The largest absolute Gasteiger partial charge is 0.452 e. The van der Waals surface area contributed by atoms with Crippen LogP contribution in [0.2, 0.25) is 0 Å². The average Bonchev–Trinajstić information content (AvgIpc) is 2.96. The smallest absolute Gasteiger partial charge is 0.341 e. The summed E-state index contributed by atoms with van der Waals surface area (Å²) in [7, 11) is -3.11. The molecule has 26 heavy (non-hydrogen) atoms. The van der Waals surface area contributed by atoms with Gasteiger partial charge in [0.25, 0.3) is 5.91 Å². The van der Waals surface area contributed by atoms with Gasteiger partial charge in [-0.1, -0.05) is 13.8 Å². The molecule has 1 atom stereocenters. The van der Waals surface area contributed by atoms with Crippen molar-refractivity contribution in [3.63, 3.8) is 0 Å². The molecule has 1 aliphatic heterocycles. The third kappa shape index (κ3) is 5.44. The summed E-state index contributed by atoms with van der Waals surface area (Å²) in [6, 6.07) is 2.88. The maximum atomic E-state index is 12.6. The van der Waals surface area contributed by atoms with Crippen LogP contribution in [0.25, 0.3) is 0 Å². The van der Waals surface area contributed by atoms with Crippen LogP contribution in [0.15, 0.2) is 23.4 Å². The van der Waals surface area contributed by atoms with Gasteiger partial charge in [-0.25, -0.2) is 18.2 Å². The number of hydrogen-bond acceptors (Lipinski definition) is 7. The maximum absolute atomic E-state index is 12.6. The second-order valence-corrected chi connectivity index (χ2v) is 9.66. The standard InChI is InChI=1S/C17H24N2O5S2/c1-12(2)9-19(13-6-8-26(22,23)11-13)15(20)10-24-17(21)14-5-4-7-18-16(14)25-3/h4-5,7,12-13H,6,8-11H2,1-3H3/t13-/m1/s1. The van der Waals surface area contributed by atoms with Crippen LogP contribution in [0.3, 0.4) is 0 Å². The molecule has 0 spiro atoms. The summed E-state index contributed by atoms with van der Waals surface area (Å²) >= 11 is 1.32. The average molecular weight is 401 g/mol. The highest BCUT2D eigenvalue weighted by atomic mass is 32.2. The van der Waals surface area contributed by atoms with Crippen LogP contribution in [-0.4, -0.2) is 67.1 Å². The molecule has 0 radical (unpaired) electrons. The van der Waals surface area contributed by atoms with E-state index in [0.717, 1.165) is 0 Å². The first-order valence-electron chi connectivity index (χ1n) is 8.39. The Bertz CT molecular complexity index is 764. The van der Waals surface area contributed by atoms with Gasteiger partial charge in [0.15, 0.2) is 16.4 Å². The van der Waals surface area contributed by atoms with E-state index in [9.17, 15) is 18.0 Å². The van der Waals surface area contributed by atoms with Crippen molar-refractivity contribution in [2.75, 3.05) is 30.9 Å². The second kappa shape index (κ2) is 8.85. The fourth-order valence-corrected chi connectivity index (χ4v) is 5.13. The predicted molar refractivity (Wildman–Crippen MR) is 99.9 cm³/mol. The van der Waals surface area contributed by atoms with Crippen molar-refractivity contribution in [1.29, 1.82) is 0 Å². The molecule has 1 amide bonds. The first kappa shape index (κ1) is 20.7. The minimum absolute atomic E-state index is 0.0291. The Balaban J connectivity index is 2.04. The molecule has 0 N–H and O–H groups in total. The Labute approximate surface area is 158 Å². The Kier molecular flexibility index (Phi) is 7.05. The number of sulfone groups is 1. The minimum atomic E-state index is -3.11. The van der Waals surface area contributed by atoms with Crippen LogP contribution in [-0.2, 0) is 19.4 Å². The zero-order valence-corrected chi connectivity index (χ0v) is 16.8. The molecule has 144 valence electrons. The first-order chi connectivity index (χ1) is 12.2. The van der Waals surface area contributed by atoms with Gasteiger partial charge in [0.2, 0.25) is 0 Å². The van der Waals surface area contributed by atoms with E-state index >= 15 is 0 Å². The Hall–Kier alpha value is -1.61. The molecule has 2 heterocycles. The quantitative estimate of drug-likeness (QED) is 0.507. The molecule has 2 rings (SSSR count). The summed E-state index contributed by atoms with van der Waals surface area (Å²) in [6.45, 7) is 3.93. The highest BCUT2D eigenvalue weighted by molar-refractivity contribution is 7.98. The van der Waals surface area contributed by atoms with E-state index in [1.807, 2.05) is 13.8 Å². The molecular weight excluding hydrogens is 376 g/mol. The number of esters is 1. The van der Waals surface area contributed by atoms with Crippen molar-refractivity contribution in [3.05, 3.63) is 23.9 Å². The number of pyridine rings is 1. The van der Waals surface area contributed by atoms with E-state index in [0.29, 0.717) is 23.6 Å². The minimum Gasteiger partial charge on any atom is -0.452 e. The van der Waals surface area contributed by atoms with Gasteiger partial charge in [0, 0.05) is 18.8 Å². The third-order valence-corrected chi connectivity index (χ3v) is 6.50. The molecule has 1 aromatic heterocycles. The zero-order valence-electron chi connectivity index (χ0n) is 15.2. The summed E-state index contributed by atoms with van der Waals surface area (Å²) in [6.07, 6.45) is 3.81. The van der Waals surface area contributed by atoms with Gasteiger partial charge in [-0.15, -0.1) is 11.8 Å². The zero-order chi connectivity index (χ0) is 19.3. The van der Waals surface area contributed by atoms with E-state index in [4.69, 9.17) is 4.74 Å². The van der Waals surface area contributed by atoms with Crippen LogP contribution >= 0.6 is 11.8 Å².